The molecule has 1 aromatic heterocycles. The van der Waals surface area contributed by atoms with Crippen LogP contribution in [-0.2, 0) is 14.8 Å². The van der Waals surface area contributed by atoms with Gasteiger partial charge in [-0.25, -0.2) is 13.4 Å². The second kappa shape index (κ2) is 8.68. The van der Waals surface area contributed by atoms with Crippen LogP contribution in [0.4, 0.5) is 11.5 Å². The molecule has 0 aliphatic carbocycles. The molecule has 0 radical (unpaired) electrons. The van der Waals surface area contributed by atoms with E-state index in [1.165, 1.54) is 12.1 Å². The highest BCUT2D eigenvalue weighted by atomic mass is 35.5. The number of morpholine rings is 1. The molecule has 0 saturated carbocycles. The summed E-state index contributed by atoms with van der Waals surface area (Å²) in [4.78, 5) is 6.59. The van der Waals surface area contributed by atoms with Crippen LogP contribution in [-0.4, -0.2) is 57.7 Å². The molecule has 1 aliphatic heterocycles. The van der Waals surface area contributed by atoms with Crippen LogP contribution in [0.3, 0.4) is 0 Å². The van der Waals surface area contributed by atoms with Crippen molar-refractivity contribution >= 4 is 33.1 Å². The molecule has 0 spiro atoms. The molecule has 0 atom stereocenters. The van der Waals surface area contributed by atoms with Crippen molar-refractivity contribution in [1.82, 2.24) is 9.88 Å². The minimum atomic E-state index is -3.72. The number of nitrogens with zero attached hydrogens (tertiary/aromatic N) is 2. The molecule has 1 fully saturated rings. The molecule has 3 rings (SSSR count). The smallest absolute Gasteiger partial charge is 0.263 e. The Morgan fingerprint density at radius 3 is 2.69 bits per heavy atom. The van der Waals surface area contributed by atoms with E-state index in [0.29, 0.717) is 5.02 Å². The molecule has 2 N–H and O–H groups in total. The number of hydrogen-bond acceptors (Lipinski definition) is 6. The molecule has 1 saturated heterocycles. The molecular formula is C17H21ClN4O3S. The fourth-order valence-corrected chi connectivity index (χ4v) is 3.88. The number of pyridine rings is 1. The van der Waals surface area contributed by atoms with Crippen LogP contribution in [0, 0.1) is 0 Å². The predicted octanol–water partition coefficient (Wildman–Crippen LogP) is 2.28. The first kappa shape index (κ1) is 18.9. The number of nitrogens with one attached hydrogen (secondary N) is 2. The number of sulfonamides is 1. The topological polar surface area (TPSA) is 83.6 Å². The average molecular weight is 397 g/mol. The highest BCUT2D eigenvalue weighted by molar-refractivity contribution is 7.92. The third-order valence-electron chi connectivity index (χ3n) is 3.97. The van der Waals surface area contributed by atoms with E-state index in [0.717, 1.165) is 45.1 Å². The van der Waals surface area contributed by atoms with Gasteiger partial charge in [0.25, 0.3) is 10.0 Å². The van der Waals surface area contributed by atoms with Crippen LogP contribution in [0.5, 0.6) is 0 Å². The van der Waals surface area contributed by atoms with Crippen LogP contribution < -0.4 is 10.0 Å². The van der Waals surface area contributed by atoms with Gasteiger partial charge in [-0.05, 0) is 30.3 Å². The first-order chi connectivity index (χ1) is 12.5. The summed E-state index contributed by atoms with van der Waals surface area (Å²) in [6.45, 7) is 5.17. The Kier molecular flexibility index (Phi) is 6.31. The van der Waals surface area contributed by atoms with E-state index in [2.05, 4.69) is 19.9 Å². The van der Waals surface area contributed by atoms with Gasteiger partial charge in [-0.2, -0.15) is 0 Å². The highest BCUT2D eigenvalue weighted by Gasteiger charge is 2.15. The van der Waals surface area contributed by atoms with Crippen LogP contribution in [0.25, 0.3) is 0 Å². The number of ether oxygens (including phenoxy) is 1. The van der Waals surface area contributed by atoms with E-state index >= 15 is 0 Å². The molecule has 7 nitrogen and oxygen atoms in total. The molecule has 26 heavy (non-hydrogen) atoms. The van der Waals surface area contributed by atoms with Crippen molar-refractivity contribution in [3.8, 4) is 0 Å². The third-order valence-corrected chi connectivity index (χ3v) is 5.56. The molecule has 2 aromatic rings. The van der Waals surface area contributed by atoms with E-state index in [-0.39, 0.29) is 10.7 Å². The van der Waals surface area contributed by atoms with Gasteiger partial charge in [-0.15, -0.1) is 0 Å². The lowest BCUT2D eigenvalue weighted by atomic mass is 10.3. The largest absolute Gasteiger partial charge is 0.383 e. The summed E-state index contributed by atoms with van der Waals surface area (Å²) in [5.41, 5.74) is 0.837. The van der Waals surface area contributed by atoms with E-state index in [9.17, 15) is 8.42 Å². The quantitative estimate of drug-likeness (QED) is 0.747. The van der Waals surface area contributed by atoms with E-state index in [1.807, 2.05) is 0 Å². The Morgan fingerprint density at radius 2 is 2.00 bits per heavy atom. The number of anilines is 2. The molecule has 1 aliphatic rings. The van der Waals surface area contributed by atoms with Crippen LogP contribution in [0.15, 0.2) is 47.5 Å². The summed E-state index contributed by atoms with van der Waals surface area (Å²) in [6.07, 6.45) is 1.61. The Hall–Kier alpha value is -1.87. The fourth-order valence-electron chi connectivity index (χ4n) is 2.57. The van der Waals surface area contributed by atoms with Crippen molar-refractivity contribution < 1.29 is 13.2 Å². The molecular weight excluding hydrogens is 376 g/mol. The summed E-state index contributed by atoms with van der Waals surface area (Å²) in [5.74, 6) is 0.253. The summed E-state index contributed by atoms with van der Waals surface area (Å²) in [5, 5.41) is 3.64. The van der Waals surface area contributed by atoms with Gasteiger partial charge in [0.15, 0.2) is 0 Å². The second-order valence-corrected chi connectivity index (χ2v) is 7.99. The molecule has 0 amide bonds. The van der Waals surface area contributed by atoms with Crippen molar-refractivity contribution in [3.63, 3.8) is 0 Å². The van der Waals surface area contributed by atoms with Crippen molar-refractivity contribution in [1.29, 1.82) is 0 Å². The second-order valence-electron chi connectivity index (χ2n) is 5.88. The maximum atomic E-state index is 12.3. The maximum absolute atomic E-state index is 12.3. The molecule has 0 unspecified atom stereocenters. The van der Waals surface area contributed by atoms with Gasteiger partial charge in [0.2, 0.25) is 0 Å². The van der Waals surface area contributed by atoms with E-state index in [1.54, 1.807) is 30.5 Å². The lowest BCUT2D eigenvalue weighted by Crippen LogP contribution is -2.39. The standard InChI is InChI=1S/C17H21ClN4O3S/c18-14-2-1-3-16(12-14)26(23,24)21-17-5-4-15(13-20-17)19-6-7-22-8-10-25-11-9-22/h1-5,12-13,19H,6-11H2,(H,20,21). The van der Waals surface area contributed by atoms with Crippen LogP contribution >= 0.6 is 11.6 Å². The minimum absolute atomic E-state index is 0.0968. The van der Waals surface area contributed by atoms with Gasteiger partial charge in [0.1, 0.15) is 5.82 Å². The summed E-state index contributed by atoms with van der Waals surface area (Å²) < 4.78 is 32.5. The third kappa shape index (κ3) is 5.31. The molecule has 0 bridgehead atoms. The van der Waals surface area contributed by atoms with Gasteiger partial charge in [0, 0.05) is 31.2 Å². The van der Waals surface area contributed by atoms with Gasteiger partial charge in [0.05, 0.1) is 30.0 Å². The van der Waals surface area contributed by atoms with Gasteiger partial charge < -0.3 is 10.1 Å². The first-order valence-corrected chi connectivity index (χ1v) is 10.2. The highest BCUT2D eigenvalue weighted by Crippen LogP contribution is 2.19. The lowest BCUT2D eigenvalue weighted by Gasteiger charge is -2.26. The molecule has 1 aromatic carbocycles. The average Bonchev–Trinajstić information content (AvgIpc) is 2.64. The van der Waals surface area contributed by atoms with Gasteiger partial charge >= 0.3 is 0 Å². The number of aromatic nitrogens is 1. The zero-order valence-electron chi connectivity index (χ0n) is 14.2. The normalized spacial score (nSPS) is 15.6. The monoisotopic (exact) mass is 396 g/mol. The van der Waals surface area contributed by atoms with E-state index in [4.69, 9.17) is 16.3 Å². The Morgan fingerprint density at radius 1 is 1.19 bits per heavy atom. The van der Waals surface area contributed by atoms with E-state index < -0.39 is 10.0 Å². The zero-order chi connectivity index (χ0) is 18.4. The van der Waals surface area contributed by atoms with Crippen LogP contribution in [0.1, 0.15) is 0 Å². The van der Waals surface area contributed by atoms with Gasteiger partial charge in [-0.3, -0.25) is 9.62 Å². The summed E-state index contributed by atoms with van der Waals surface area (Å²) in [7, 11) is -3.72. The zero-order valence-corrected chi connectivity index (χ0v) is 15.8. The Balaban J connectivity index is 1.54. The van der Waals surface area contributed by atoms with Crippen LogP contribution in [0.2, 0.25) is 5.02 Å². The Bertz CT molecular complexity index is 824. The van der Waals surface area contributed by atoms with Crippen molar-refractivity contribution in [3.05, 3.63) is 47.6 Å². The minimum Gasteiger partial charge on any atom is -0.383 e. The maximum Gasteiger partial charge on any atom is 0.263 e. The summed E-state index contributed by atoms with van der Waals surface area (Å²) >= 11 is 5.85. The number of rotatable bonds is 7. The molecule has 9 heteroatoms. The van der Waals surface area contributed by atoms with Crippen molar-refractivity contribution in [2.45, 2.75) is 4.90 Å². The SMILES string of the molecule is O=S(=O)(Nc1ccc(NCCN2CCOCC2)cn1)c1cccc(Cl)c1. The summed E-state index contributed by atoms with van der Waals surface area (Å²) in [6, 6.07) is 9.50. The van der Waals surface area contributed by atoms with Crippen molar-refractivity contribution in [2.24, 2.45) is 0 Å². The molecule has 2 heterocycles. The number of hydrogen-bond donors (Lipinski definition) is 2. The predicted molar refractivity (Wildman–Crippen MR) is 102 cm³/mol. The van der Waals surface area contributed by atoms with Gasteiger partial charge in [-0.1, -0.05) is 17.7 Å². The fraction of sp³-hybridized carbons (Fsp3) is 0.353. The number of halogens is 1. The van der Waals surface area contributed by atoms with Crippen molar-refractivity contribution in [2.75, 3.05) is 49.4 Å². The Labute approximate surface area is 158 Å². The first-order valence-electron chi connectivity index (χ1n) is 8.31. The number of benzene rings is 1. The molecule has 140 valence electrons. The lowest BCUT2D eigenvalue weighted by molar-refractivity contribution is 0.0398.